The van der Waals surface area contributed by atoms with Gasteiger partial charge >= 0.3 is 0 Å². The summed E-state index contributed by atoms with van der Waals surface area (Å²) in [7, 11) is 1.65. The van der Waals surface area contributed by atoms with Crippen LogP contribution in [0.5, 0.6) is 0 Å². The number of aromatic nitrogens is 1. The molecule has 39 heavy (non-hydrogen) atoms. The smallest absolute Gasteiger partial charge is 0.270 e. The molecule has 206 valence electrons. The molecule has 0 spiro atoms. The number of unbranched alkanes of at least 4 members (excludes halogenated alkanes) is 4. The van der Waals surface area contributed by atoms with Crippen LogP contribution >= 0.6 is 24.0 Å². The van der Waals surface area contributed by atoms with E-state index in [4.69, 9.17) is 12.2 Å². The molecule has 4 rings (SSSR count). The van der Waals surface area contributed by atoms with Crippen LogP contribution in [0, 0.1) is 24.1 Å². The lowest BCUT2D eigenvalue weighted by Crippen LogP contribution is -2.48. The minimum atomic E-state index is -0.377. The van der Waals surface area contributed by atoms with Gasteiger partial charge in [0.2, 0.25) is 0 Å². The lowest BCUT2D eigenvalue weighted by molar-refractivity contribution is -0.122. The molecule has 1 aromatic carbocycles. The number of thioether (sulfide) groups is 1. The highest BCUT2D eigenvalue weighted by Crippen LogP contribution is 2.36. The maximum atomic E-state index is 14.4. The predicted octanol–water partition coefficient (Wildman–Crippen LogP) is 5.20. The fraction of sp³-hybridized carbons (Fsp3) is 0.448. The molecule has 3 heterocycles. The Kier molecular flexibility index (Phi) is 9.46. The van der Waals surface area contributed by atoms with E-state index in [1.54, 1.807) is 37.1 Å². The second kappa shape index (κ2) is 12.8. The third-order valence-electron chi connectivity index (χ3n) is 7.37. The van der Waals surface area contributed by atoms with Crippen molar-refractivity contribution in [3.8, 4) is 6.07 Å². The van der Waals surface area contributed by atoms with Crippen molar-refractivity contribution in [3.05, 3.63) is 62.0 Å². The Bertz CT molecular complexity index is 1390. The third-order valence-corrected chi connectivity index (χ3v) is 8.75. The standard InChI is InChI=1S/C29H34FN5O2S2/c1-4-5-6-7-10-13-35-28(37)25(39-29(35)38)18-21-20(2)22(19-31)27(36)32(3)26(21)34-16-14-33(15-17-34)24-12-9-8-11-23(24)30/h8-9,11-12,18H,4-7,10,13-17H2,1-3H3/b25-18+. The van der Waals surface area contributed by atoms with Crippen LogP contribution in [0.2, 0.25) is 0 Å². The molecule has 2 aliphatic rings. The first-order valence-electron chi connectivity index (χ1n) is 13.4. The quantitative estimate of drug-likeness (QED) is 0.234. The van der Waals surface area contributed by atoms with Crippen LogP contribution in [0.4, 0.5) is 15.9 Å². The van der Waals surface area contributed by atoms with E-state index < -0.39 is 0 Å². The second-order valence-corrected chi connectivity index (χ2v) is 11.6. The van der Waals surface area contributed by atoms with Gasteiger partial charge in [0, 0.05) is 45.3 Å². The van der Waals surface area contributed by atoms with Gasteiger partial charge in [0.1, 0.15) is 27.6 Å². The van der Waals surface area contributed by atoms with E-state index >= 15 is 0 Å². The molecule has 0 aliphatic carbocycles. The van der Waals surface area contributed by atoms with E-state index in [2.05, 4.69) is 11.8 Å². The molecular formula is C29H34FN5O2S2. The summed E-state index contributed by atoms with van der Waals surface area (Å²) in [5.74, 6) is 0.248. The van der Waals surface area contributed by atoms with Gasteiger partial charge in [-0.3, -0.25) is 19.1 Å². The Labute approximate surface area is 238 Å². The lowest BCUT2D eigenvalue weighted by Gasteiger charge is -2.38. The molecule has 2 saturated heterocycles. The topological polar surface area (TPSA) is 72.6 Å². The average Bonchev–Trinajstić information content (AvgIpc) is 3.20. The molecular weight excluding hydrogens is 533 g/mol. The molecule has 1 aromatic heterocycles. The normalized spacial score (nSPS) is 16.9. The number of thiocarbonyl (C=S) groups is 1. The summed E-state index contributed by atoms with van der Waals surface area (Å²) in [5.41, 5.74) is 1.44. The first-order valence-corrected chi connectivity index (χ1v) is 14.6. The summed E-state index contributed by atoms with van der Waals surface area (Å²) < 4.78 is 16.4. The highest BCUT2D eigenvalue weighted by molar-refractivity contribution is 8.26. The van der Waals surface area contributed by atoms with Crippen LogP contribution in [0.25, 0.3) is 6.08 Å². The summed E-state index contributed by atoms with van der Waals surface area (Å²) in [6.07, 6.45) is 7.22. The van der Waals surface area contributed by atoms with Gasteiger partial charge < -0.3 is 9.80 Å². The number of carbonyl (C=O) groups excluding carboxylic acids is 1. The van der Waals surface area contributed by atoms with Crippen molar-refractivity contribution in [2.75, 3.05) is 42.5 Å². The molecule has 0 saturated carbocycles. The molecule has 7 nitrogen and oxygen atoms in total. The second-order valence-electron chi connectivity index (χ2n) is 9.89. The molecule has 2 aromatic rings. The van der Waals surface area contributed by atoms with Gasteiger partial charge in [-0.15, -0.1) is 0 Å². The Morgan fingerprint density at radius 1 is 1.08 bits per heavy atom. The first-order chi connectivity index (χ1) is 18.8. The van der Waals surface area contributed by atoms with Crippen molar-refractivity contribution in [2.24, 2.45) is 7.05 Å². The SMILES string of the molecule is CCCCCCCN1C(=O)/C(=C\c2c(C)c(C#N)c(=O)n(C)c2N2CCN(c3ccccc3F)CC2)SC1=S. The molecule has 0 unspecified atom stereocenters. The van der Waals surface area contributed by atoms with Gasteiger partial charge in [-0.05, 0) is 37.1 Å². The Morgan fingerprint density at radius 2 is 1.74 bits per heavy atom. The number of hydrogen-bond acceptors (Lipinski definition) is 7. The van der Waals surface area contributed by atoms with Gasteiger partial charge in [0.25, 0.3) is 11.5 Å². The summed E-state index contributed by atoms with van der Waals surface area (Å²) in [6.45, 7) is 6.73. The molecule has 2 aliphatic heterocycles. The average molecular weight is 568 g/mol. The monoisotopic (exact) mass is 567 g/mol. The number of hydrogen-bond donors (Lipinski definition) is 0. The number of halogens is 1. The number of nitriles is 1. The maximum Gasteiger partial charge on any atom is 0.270 e. The minimum absolute atomic E-state index is 0.0592. The fourth-order valence-electron chi connectivity index (χ4n) is 5.16. The van der Waals surface area contributed by atoms with E-state index in [0.717, 1.165) is 25.7 Å². The van der Waals surface area contributed by atoms with Crippen LogP contribution in [0.1, 0.15) is 55.7 Å². The van der Waals surface area contributed by atoms with E-state index in [1.165, 1.54) is 28.8 Å². The number of benzene rings is 1. The highest BCUT2D eigenvalue weighted by Gasteiger charge is 2.33. The van der Waals surface area contributed by atoms with E-state index in [0.29, 0.717) is 64.6 Å². The van der Waals surface area contributed by atoms with Crippen LogP contribution < -0.4 is 15.4 Å². The zero-order chi connectivity index (χ0) is 28.1. The number of nitrogens with zero attached hydrogens (tertiary/aromatic N) is 5. The Morgan fingerprint density at radius 3 is 2.41 bits per heavy atom. The zero-order valence-electron chi connectivity index (χ0n) is 22.7. The summed E-state index contributed by atoms with van der Waals surface area (Å²) >= 11 is 6.80. The van der Waals surface area contributed by atoms with Crippen molar-refractivity contribution in [1.82, 2.24) is 9.47 Å². The third kappa shape index (κ3) is 6.04. The molecule has 0 bridgehead atoms. The van der Waals surface area contributed by atoms with Crippen LogP contribution in [0.15, 0.2) is 34.0 Å². The van der Waals surface area contributed by atoms with Crippen molar-refractivity contribution in [2.45, 2.75) is 46.0 Å². The first kappa shape index (κ1) is 28.8. The number of rotatable bonds is 9. The largest absolute Gasteiger partial charge is 0.366 e. The van der Waals surface area contributed by atoms with E-state index in [-0.39, 0.29) is 22.8 Å². The number of piperazine rings is 1. The van der Waals surface area contributed by atoms with Gasteiger partial charge in [0.15, 0.2) is 0 Å². The number of anilines is 2. The molecule has 0 N–H and O–H groups in total. The lowest BCUT2D eigenvalue weighted by atomic mass is 10.0. The fourth-order valence-corrected chi connectivity index (χ4v) is 6.45. The van der Waals surface area contributed by atoms with Crippen molar-refractivity contribution in [1.29, 1.82) is 5.26 Å². The van der Waals surface area contributed by atoms with Crippen molar-refractivity contribution < 1.29 is 9.18 Å². The summed E-state index contributed by atoms with van der Waals surface area (Å²) in [5, 5.41) is 9.75. The van der Waals surface area contributed by atoms with E-state index in [1.807, 2.05) is 17.0 Å². The number of amides is 1. The zero-order valence-corrected chi connectivity index (χ0v) is 24.3. The van der Waals surface area contributed by atoms with Gasteiger partial charge in [-0.1, -0.05) is 68.7 Å². The van der Waals surface area contributed by atoms with Crippen molar-refractivity contribution >= 4 is 51.8 Å². The van der Waals surface area contributed by atoms with Crippen LogP contribution in [-0.4, -0.2) is 52.4 Å². The summed E-state index contributed by atoms with van der Waals surface area (Å²) in [4.78, 5) is 32.7. The number of carbonyl (C=O) groups is 1. The summed E-state index contributed by atoms with van der Waals surface area (Å²) in [6, 6.07) is 8.76. The maximum absolute atomic E-state index is 14.4. The van der Waals surface area contributed by atoms with Gasteiger partial charge in [0.05, 0.1) is 10.6 Å². The molecule has 0 radical (unpaired) electrons. The van der Waals surface area contributed by atoms with E-state index in [9.17, 15) is 19.2 Å². The molecule has 2 fully saturated rings. The van der Waals surface area contributed by atoms with Crippen LogP contribution in [-0.2, 0) is 11.8 Å². The molecule has 10 heteroatoms. The highest BCUT2D eigenvalue weighted by atomic mass is 32.2. The molecule has 1 amide bonds. The predicted molar refractivity (Wildman–Crippen MR) is 161 cm³/mol. The van der Waals surface area contributed by atoms with Crippen LogP contribution in [0.3, 0.4) is 0 Å². The number of pyridine rings is 1. The minimum Gasteiger partial charge on any atom is -0.366 e. The van der Waals surface area contributed by atoms with Crippen molar-refractivity contribution in [3.63, 3.8) is 0 Å². The Balaban J connectivity index is 1.63. The van der Waals surface area contributed by atoms with Gasteiger partial charge in [-0.25, -0.2) is 4.39 Å². The Hall–Kier alpha value is -3.16. The molecule has 0 atom stereocenters. The number of para-hydroxylation sites is 1. The van der Waals surface area contributed by atoms with Gasteiger partial charge in [-0.2, -0.15) is 5.26 Å².